The second-order valence-corrected chi connectivity index (χ2v) is 7.35. The number of benzene rings is 2. The highest BCUT2D eigenvalue weighted by Crippen LogP contribution is 2.40. The van der Waals surface area contributed by atoms with Gasteiger partial charge in [-0.05, 0) is 74.5 Å². The minimum absolute atomic E-state index is 0.0485. The van der Waals surface area contributed by atoms with Crippen LogP contribution in [-0.4, -0.2) is 22.2 Å². The van der Waals surface area contributed by atoms with Gasteiger partial charge < -0.3 is 10.6 Å². The molecule has 0 radical (unpaired) electrons. The molecule has 0 saturated heterocycles. The second kappa shape index (κ2) is 7.51. The number of rotatable bonds is 3. The van der Waals surface area contributed by atoms with E-state index in [-0.39, 0.29) is 17.7 Å². The molecule has 0 bridgehead atoms. The van der Waals surface area contributed by atoms with E-state index in [9.17, 15) is 8.78 Å². The Morgan fingerprint density at radius 1 is 0.862 bits per heavy atom. The molecule has 1 aromatic heterocycles. The molecule has 4 rings (SSSR count). The monoisotopic (exact) mass is 395 g/mol. The molecule has 0 fully saturated rings. The summed E-state index contributed by atoms with van der Waals surface area (Å²) in [6.07, 6.45) is -1.06. The Morgan fingerprint density at radius 2 is 1.45 bits per heavy atom. The van der Waals surface area contributed by atoms with Crippen LogP contribution < -0.4 is 16.4 Å². The van der Waals surface area contributed by atoms with Gasteiger partial charge in [-0.2, -0.15) is 0 Å². The number of pyridine rings is 1. The van der Waals surface area contributed by atoms with Crippen molar-refractivity contribution < 1.29 is 8.78 Å². The molecule has 7 heteroatoms. The lowest BCUT2D eigenvalue weighted by molar-refractivity contribution is 0.0899. The molecule has 1 aliphatic rings. The standard InChI is InChI=1S/C22H23F2N5/c1-13(2)28-21(25)20-19(29(22(28)26)17-9-7-16(24)8-10-17)12-11-18(27-20)14-3-5-15(23)6-4-14/h3-13,21-22H,25-26H2,1-2H3. The molecular weight excluding hydrogens is 372 g/mol. The van der Waals surface area contributed by atoms with Crippen molar-refractivity contribution in [1.29, 1.82) is 0 Å². The number of nitrogens with zero attached hydrogens (tertiary/aromatic N) is 3. The van der Waals surface area contributed by atoms with Crippen LogP contribution in [-0.2, 0) is 0 Å². The first-order chi connectivity index (χ1) is 13.9. The lowest BCUT2D eigenvalue weighted by atomic mass is 10.0. The maximum atomic E-state index is 13.5. The largest absolute Gasteiger partial charge is 0.311 e. The Labute approximate surface area is 168 Å². The first-order valence-electron chi connectivity index (χ1n) is 9.47. The minimum Gasteiger partial charge on any atom is -0.311 e. The van der Waals surface area contributed by atoms with E-state index in [1.807, 2.05) is 35.8 Å². The smallest absolute Gasteiger partial charge is 0.141 e. The van der Waals surface area contributed by atoms with Crippen molar-refractivity contribution in [3.8, 4) is 11.3 Å². The molecule has 2 unspecified atom stereocenters. The van der Waals surface area contributed by atoms with Crippen LogP contribution in [0.3, 0.4) is 0 Å². The molecule has 4 N–H and O–H groups in total. The van der Waals surface area contributed by atoms with Crippen molar-refractivity contribution in [2.75, 3.05) is 4.90 Å². The van der Waals surface area contributed by atoms with Crippen molar-refractivity contribution in [2.24, 2.45) is 11.5 Å². The molecular formula is C22H23F2N5. The molecule has 0 aliphatic carbocycles. The van der Waals surface area contributed by atoms with E-state index < -0.39 is 12.5 Å². The minimum atomic E-state index is -0.540. The molecule has 0 saturated carbocycles. The summed E-state index contributed by atoms with van der Waals surface area (Å²) in [6, 6.07) is 16.1. The predicted molar refractivity (Wildman–Crippen MR) is 110 cm³/mol. The Hall–Kier alpha value is -2.87. The van der Waals surface area contributed by atoms with E-state index in [0.717, 1.165) is 16.9 Å². The number of aromatic nitrogens is 1. The van der Waals surface area contributed by atoms with Gasteiger partial charge in [0, 0.05) is 17.3 Å². The van der Waals surface area contributed by atoms with Crippen molar-refractivity contribution >= 4 is 11.4 Å². The molecule has 2 atom stereocenters. The summed E-state index contributed by atoms with van der Waals surface area (Å²) in [7, 11) is 0. The van der Waals surface area contributed by atoms with E-state index in [0.29, 0.717) is 11.4 Å². The van der Waals surface area contributed by atoms with Crippen LogP contribution in [0.1, 0.15) is 25.7 Å². The van der Waals surface area contributed by atoms with Gasteiger partial charge in [0.25, 0.3) is 0 Å². The Kier molecular flexibility index (Phi) is 5.04. The first-order valence-corrected chi connectivity index (χ1v) is 9.47. The third kappa shape index (κ3) is 3.48. The van der Waals surface area contributed by atoms with Crippen LogP contribution in [0.4, 0.5) is 20.2 Å². The van der Waals surface area contributed by atoms with E-state index in [4.69, 9.17) is 16.5 Å². The maximum absolute atomic E-state index is 13.5. The average Bonchev–Trinajstić information content (AvgIpc) is 2.69. The normalized spacial score (nSPS) is 19.5. The van der Waals surface area contributed by atoms with Crippen molar-refractivity contribution in [3.05, 3.63) is 78.0 Å². The number of nitrogens with two attached hydrogens (primary N) is 2. The van der Waals surface area contributed by atoms with Crippen LogP contribution in [0.2, 0.25) is 0 Å². The number of hydrogen-bond donors (Lipinski definition) is 2. The highest BCUT2D eigenvalue weighted by atomic mass is 19.1. The summed E-state index contributed by atoms with van der Waals surface area (Å²) in [5.41, 5.74) is 16.8. The molecule has 5 nitrogen and oxygen atoms in total. The molecule has 2 aromatic carbocycles. The summed E-state index contributed by atoms with van der Waals surface area (Å²) in [4.78, 5) is 8.65. The van der Waals surface area contributed by atoms with Gasteiger partial charge >= 0.3 is 0 Å². The summed E-state index contributed by atoms with van der Waals surface area (Å²) in [6.45, 7) is 4.02. The zero-order valence-electron chi connectivity index (χ0n) is 16.3. The van der Waals surface area contributed by atoms with Gasteiger partial charge in [-0.3, -0.25) is 5.73 Å². The van der Waals surface area contributed by atoms with Crippen LogP contribution in [0.25, 0.3) is 11.3 Å². The van der Waals surface area contributed by atoms with Crippen molar-refractivity contribution in [3.63, 3.8) is 0 Å². The van der Waals surface area contributed by atoms with Crippen molar-refractivity contribution in [1.82, 2.24) is 9.88 Å². The van der Waals surface area contributed by atoms with Gasteiger partial charge in [0.05, 0.1) is 17.1 Å². The summed E-state index contributed by atoms with van der Waals surface area (Å²) >= 11 is 0. The second-order valence-electron chi connectivity index (χ2n) is 7.35. The fourth-order valence-corrected chi connectivity index (χ4v) is 3.77. The van der Waals surface area contributed by atoms with E-state index >= 15 is 0 Å². The van der Waals surface area contributed by atoms with Gasteiger partial charge in [-0.25, -0.2) is 18.7 Å². The van der Waals surface area contributed by atoms with E-state index in [1.165, 1.54) is 24.3 Å². The fraction of sp³-hybridized carbons (Fsp3) is 0.227. The van der Waals surface area contributed by atoms with Crippen LogP contribution in [0, 0.1) is 11.6 Å². The average molecular weight is 395 g/mol. The third-order valence-corrected chi connectivity index (χ3v) is 5.17. The molecule has 0 amide bonds. The third-order valence-electron chi connectivity index (χ3n) is 5.17. The van der Waals surface area contributed by atoms with Gasteiger partial charge in [-0.1, -0.05) is 0 Å². The molecule has 0 spiro atoms. The molecule has 1 aliphatic heterocycles. The molecule has 29 heavy (non-hydrogen) atoms. The van der Waals surface area contributed by atoms with Gasteiger partial charge in [0.15, 0.2) is 0 Å². The molecule has 150 valence electrons. The van der Waals surface area contributed by atoms with Crippen LogP contribution >= 0.6 is 0 Å². The van der Waals surface area contributed by atoms with E-state index in [1.54, 1.807) is 24.3 Å². The lowest BCUT2D eigenvalue weighted by Crippen LogP contribution is -2.61. The number of halogens is 2. The Bertz CT molecular complexity index is 1000. The summed E-state index contributed by atoms with van der Waals surface area (Å²) < 4.78 is 26.8. The van der Waals surface area contributed by atoms with Crippen LogP contribution in [0.15, 0.2) is 60.7 Å². The zero-order chi connectivity index (χ0) is 20.7. The fourth-order valence-electron chi connectivity index (χ4n) is 3.77. The molecule has 3 aromatic rings. The number of fused-ring (bicyclic) bond motifs is 1. The summed E-state index contributed by atoms with van der Waals surface area (Å²) in [5, 5.41) is 0. The van der Waals surface area contributed by atoms with E-state index in [2.05, 4.69) is 0 Å². The predicted octanol–water partition coefficient (Wildman–Crippen LogP) is 4.09. The highest BCUT2D eigenvalue weighted by molar-refractivity contribution is 5.71. The van der Waals surface area contributed by atoms with Gasteiger partial charge in [0.2, 0.25) is 0 Å². The van der Waals surface area contributed by atoms with Gasteiger partial charge in [-0.15, -0.1) is 0 Å². The molecule has 2 heterocycles. The lowest BCUT2D eigenvalue weighted by Gasteiger charge is -2.48. The first kappa shape index (κ1) is 19.4. The Morgan fingerprint density at radius 3 is 2.03 bits per heavy atom. The summed E-state index contributed by atoms with van der Waals surface area (Å²) in [5.74, 6) is -0.621. The number of hydrogen-bond acceptors (Lipinski definition) is 5. The SMILES string of the molecule is CC(C)N1C(N)c2nc(-c3ccc(F)cc3)ccc2N(c2ccc(F)cc2)C1N. The quantitative estimate of drug-likeness (QED) is 0.699. The van der Waals surface area contributed by atoms with Gasteiger partial charge in [0.1, 0.15) is 24.1 Å². The zero-order valence-corrected chi connectivity index (χ0v) is 16.3. The highest BCUT2D eigenvalue weighted by Gasteiger charge is 2.38. The van der Waals surface area contributed by atoms with Crippen molar-refractivity contribution in [2.45, 2.75) is 32.3 Å². The topological polar surface area (TPSA) is 71.4 Å². The maximum Gasteiger partial charge on any atom is 0.141 e. The van der Waals surface area contributed by atoms with Crippen LogP contribution in [0.5, 0.6) is 0 Å². The Balaban J connectivity index is 1.86. The number of anilines is 2.